The Balaban J connectivity index is 1.55. The average molecular weight is 367 g/mol. The van der Waals surface area contributed by atoms with E-state index in [1.807, 2.05) is 42.2 Å². The molecule has 0 spiro atoms. The van der Waals surface area contributed by atoms with E-state index in [1.54, 1.807) is 4.31 Å². The third kappa shape index (κ3) is 4.40. The maximum absolute atomic E-state index is 12.6. The second kappa shape index (κ2) is 7.85. The fourth-order valence-electron chi connectivity index (χ4n) is 3.75. The summed E-state index contributed by atoms with van der Waals surface area (Å²) in [6.07, 6.45) is 2.19. The van der Waals surface area contributed by atoms with E-state index in [9.17, 15) is 13.2 Å². The number of amides is 1. The molecule has 6 nitrogen and oxygen atoms in total. The molecule has 25 heavy (non-hydrogen) atoms. The van der Waals surface area contributed by atoms with Gasteiger partial charge in [-0.15, -0.1) is 0 Å². The van der Waals surface area contributed by atoms with Crippen LogP contribution in [0.1, 0.15) is 25.3 Å². The van der Waals surface area contributed by atoms with Crippen molar-refractivity contribution >= 4 is 15.9 Å². The molecule has 1 N–H and O–H groups in total. The van der Waals surface area contributed by atoms with E-state index in [0.717, 1.165) is 31.5 Å². The van der Waals surface area contributed by atoms with Gasteiger partial charge in [0.05, 0.1) is 31.9 Å². The molecular formula is C18H28N3O3S+. The molecule has 2 aliphatic rings. The number of sulfonamides is 1. The SMILES string of the molecule is C[C@@H](C(=O)N1CCCC1)[NH+]1CCN(S(=O)(=O)Cc2ccccc2)CC1. The standard InChI is InChI=1S/C18H27N3O3S/c1-16(18(22)20-9-5-6-10-20)19-11-13-21(14-12-19)25(23,24)15-17-7-3-2-4-8-17/h2-4,7-8,16H,5-6,9-15H2,1H3/p+1/t16-/m0/s1. The van der Waals surface area contributed by atoms with Gasteiger partial charge in [0.2, 0.25) is 10.0 Å². The maximum Gasteiger partial charge on any atom is 0.280 e. The minimum Gasteiger partial charge on any atom is -0.338 e. The van der Waals surface area contributed by atoms with Gasteiger partial charge >= 0.3 is 0 Å². The number of hydrogen-bond donors (Lipinski definition) is 1. The summed E-state index contributed by atoms with van der Waals surface area (Å²) in [4.78, 5) is 15.7. The highest BCUT2D eigenvalue weighted by Crippen LogP contribution is 2.11. The van der Waals surface area contributed by atoms with Gasteiger partial charge in [-0.3, -0.25) is 4.79 Å². The molecule has 0 unspecified atom stereocenters. The van der Waals surface area contributed by atoms with Crippen LogP contribution in [0, 0.1) is 0 Å². The van der Waals surface area contributed by atoms with E-state index in [-0.39, 0.29) is 17.7 Å². The fourth-order valence-corrected chi connectivity index (χ4v) is 5.28. The van der Waals surface area contributed by atoms with Crippen molar-refractivity contribution in [2.24, 2.45) is 0 Å². The van der Waals surface area contributed by atoms with E-state index in [4.69, 9.17) is 0 Å². The molecule has 7 heteroatoms. The summed E-state index contributed by atoms with van der Waals surface area (Å²) in [6.45, 7) is 6.07. The zero-order valence-electron chi connectivity index (χ0n) is 14.9. The average Bonchev–Trinajstić information content (AvgIpc) is 3.16. The Morgan fingerprint density at radius 2 is 1.68 bits per heavy atom. The van der Waals surface area contributed by atoms with Gasteiger partial charge in [0.25, 0.3) is 5.91 Å². The molecule has 2 fully saturated rings. The second-order valence-electron chi connectivity index (χ2n) is 7.05. The molecule has 3 rings (SSSR count). The molecule has 0 aliphatic carbocycles. The predicted octanol–water partition coefficient (Wildman–Crippen LogP) is -0.272. The number of quaternary nitrogens is 1. The molecule has 0 bridgehead atoms. The van der Waals surface area contributed by atoms with E-state index < -0.39 is 10.0 Å². The quantitative estimate of drug-likeness (QED) is 0.780. The van der Waals surface area contributed by atoms with Gasteiger partial charge in [0.15, 0.2) is 6.04 Å². The highest BCUT2D eigenvalue weighted by atomic mass is 32.2. The van der Waals surface area contributed by atoms with E-state index in [1.165, 1.54) is 4.90 Å². The molecule has 0 saturated carbocycles. The maximum atomic E-state index is 12.6. The van der Waals surface area contributed by atoms with Crippen LogP contribution in [0.2, 0.25) is 0 Å². The lowest BCUT2D eigenvalue weighted by molar-refractivity contribution is -0.918. The fraction of sp³-hybridized carbons (Fsp3) is 0.611. The Labute approximate surface area is 150 Å². The molecule has 1 aromatic carbocycles. The topological polar surface area (TPSA) is 62.1 Å². The summed E-state index contributed by atoms with van der Waals surface area (Å²) >= 11 is 0. The Morgan fingerprint density at radius 1 is 1.08 bits per heavy atom. The summed E-state index contributed by atoms with van der Waals surface area (Å²) in [5, 5.41) is 0. The minimum atomic E-state index is -3.30. The molecular weight excluding hydrogens is 338 g/mol. The van der Waals surface area contributed by atoms with Crippen LogP contribution in [0.4, 0.5) is 0 Å². The molecule has 1 aromatic rings. The van der Waals surface area contributed by atoms with Gasteiger partial charge in [0, 0.05) is 13.1 Å². The first-order valence-corrected chi connectivity index (χ1v) is 10.7. The monoisotopic (exact) mass is 366 g/mol. The van der Waals surface area contributed by atoms with Gasteiger partial charge in [0.1, 0.15) is 0 Å². The normalized spacial score (nSPS) is 21.4. The zero-order chi connectivity index (χ0) is 17.9. The lowest BCUT2D eigenvalue weighted by Gasteiger charge is -2.35. The van der Waals surface area contributed by atoms with Crippen LogP contribution in [0.25, 0.3) is 0 Å². The summed E-state index contributed by atoms with van der Waals surface area (Å²) < 4.78 is 26.8. The first-order valence-electron chi connectivity index (χ1n) is 9.12. The molecule has 0 aromatic heterocycles. The molecule has 2 aliphatic heterocycles. The van der Waals surface area contributed by atoms with Crippen molar-refractivity contribution in [3.63, 3.8) is 0 Å². The number of nitrogens with zero attached hydrogens (tertiary/aromatic N) is 2. The summed E-state index contributed by atoms with van der Waals surface area (Å²) in [7, 11) is -3.30. The lowest BCUT2D eigenvalue weighted by Crippen LogP contribution is -3.19. The van der Waals surface area contributed by atoms with Crippen molar-refractivity contribution in [3.8, 4) is 0 Å². The number of benzene rings is 1. The van der Waals surface area contributed by atoms with Crippen molar-refractivity contribution in [1.82, 2.24) is 9.21 Å². The molecule has 0 radical (unpaired) electrons. The van der Waals surface area contributed by atoms with Crippen LogP contribution in [0.5, 0.6) is 0 Å². The Kier molecular flexibility index (Phi) is 5.76. The lowest BCUT2D eigenvalue weighted by atomic mass is 10.2. The zero-order valence-corrected chi connectivity index (χ0v) is 15.7. The number of rotatable bonds is 5. The number of carbonyl (C=O) groups is 1. The smallest absolute Gasteiger partial charge is 0.280 e. The van der Waals surface area contributed by atoms with E-state index in [2.05, 4.69) is 0 Å². The van der Waals surface area contributed by atoms with Crippen molar-refractivity contribution in [2.45, 2.75) is 31.6 Å². The molecule has 2 saturated heterocycles. The Hall–Kier alpha value is -1.44. The number of carbonyl (C=O) groups excluding carboxylic acids is 1. The molecule has 1 amide bonds. The minimum absolute atomic E-state index is 0.0471. The first kappa shape index (κ1) is 18.4. The third-order valence-corrected chi connectivity index (χ3v) is 7.20. The van der Waals surface area contributed by atoms with Crippen LogP contribution in [-0.2, 0) is 20.6 Å². The van der Waals surface area contributed by atoms with Gasteiger partial charge in [-0.05, 0) is 25.3 Å². The van der Waals surface area contributed by atoms with Gasteiger partial charge in [-0.25, -0.2) is 8.42 Å². The van der Waals surface area contributed by atoms with Crippen LogP contribution in [-0.4, -0.2) is 68.8 Å². The van der Waals surface area contributed by atoms with Crippen LogP contribution in [0.3, 0.4) is 0 Å². The third-order valence-electron chi connectivity index (χ3n) is 5.35. The largest absolute Gasteiger partial charge is 0.338 e. The van der Waals surface area contributed by atoms with E-state index in [0.29, 0.717) is 26.2 Å². The van der Waals surface area contributed by atoms with Crippen LogP contribution >= 0.6 is 0 Å². The van der Waals surface area contributed by atoms with Crippen molar-refractivity contribution < 1.29 is 18.1 Å². The predicted molar refractivity (Wildman–Crippen MR) is 96.6 cm³/mol. The molecule has 138 valence electrons. The van der Waals surface area contributed by atoms with Crippen LogP contribution < -0.4 is 4.90 Å². The Morgan fingerprint density at radius 3 is 2.28 bits per heavy atom. The summed E-state index contributed by atoms with van der Waals surface area (Å²) in [5.74, 6) is 0.263. The van der Waals surface area contributed by atoms with Gasteiger partial charge in [-0.2, -0.15) is 4.31 Å². The first-order chi connectivity index (χ1) is 12.0. The number of hydrogen-bond acceptors (Lipinski definition) is 3. The second-order valence-corrected chi connectivity index (χ2v) is 9.02. The number of piperazine rings is 1. The van der Waals surface area contributed by atoms with Gasteiger partial charge in [-0.1, -0.05) is 30.3 Å². The highest BCUT2D eigenvalue weighted by Gasteiger charge is 2.35. The summed E-state index contributed by atoms with van der Waals surface area (Å²) in [6, 6.07) is 9.21. The summed E-state index contributed by atoms with van der Waals surface area (Å²) in [5.41, 5.74) is 0.815. The van der Waals surface area contributed by atoms with Crippen molar-refractivity contribution in [2.75, 3.05) is 39.3 Å². The Bertz CT molecular complexity index is 679. The highest BCUT2D eigenvalue weighted by molar-refractivity contribution is 7.88. The van der Waals surface area contributed by atoms with Crippen molar-refractivity contribution in [3.05, 3.63) is 35.9 Å². The van der Waals surface area contributed by atoms with Crippen molar-refractivity contribution in [1.29, 1.82) is 0 Å². The van der Waals surface area contributed by atoms with E-state index >= 15 is 0 Å². The number of likely N-dealkylation sites (tertiary alicyclic amines) is 1. The van der Waals surface area contributed by atoms with Gasteiger partial charge < -0.3 is 9.80 Å². The molecule has 2 heterocycles. The van der Waals surface area contributed by atoms with Crippen LogP contribution in [0.15, 0.2) is 30.3 Å². The number of nitrogens with one attached hydrogen (secondary N) is 1. The molecule has 1 atom stereocenters.